The van der Waals surface area contributed by atoms with Gasteiger partial charge >= 0.3 is 5.69 Å². The lowest BCUT2D eigenvalue weighted by atomic mass is 10.0. The summed E-state index contributed by atoms with van der Waals surface area (Å²) in [7, 11) is -0.817. The van der Waals surface area contributed by atoms with Crippen LogP contribution in [0.1, 0.15) is 12.8 Å². The van der Waals surface area contributed by atoms with Crippen molar-refractivity contribution in [3.63, 3.8) is 0 Å². The van der Waals surface area contributed by atoms with Crippen LogP contribution >= 0.6 is 0 Å². The quantitative estimate of drug-likeness (QED) is 0.844. The normalized spacial score (nSPS) is 18.7. The topological polar surface area (TPSA) is 99.4 Å². The number of imidazole rings is 1. The Labute approximate surface area is 139 Å². The number of benzene rings is 1. The van der Waals surface area contributed by atoms with E-state index in [0.29, 0.717) is 24.1 Å². The number of carbonyl (C=O) groups is 1. The number of nitrogens with zero attached hydrogens (tertiary/aromatic N) is 2. The van der Waals surface area contributed by atoms with Crippen molar-refractivity contribution >= 4 is 27.0 Å². The first-order valence-corrected chi connectivity index (χ1v) is 9.09. The lowest BCUT2D eigenvalue weighted by molar-refractivity contribution is -0.127. The summed E-state index contributed by atoms with van der Waals surface area (Å²) in [6.07, 6.45) is 1.34. The number of ether oxygens (including phenoxy) is 1. The molecule has 1 aromatic heterocycles. The third-order valence-corrected chi connectivity index (χ3v) is 5.66. The van der Waals surface area contributed by atoms with Gasteiger partial charge in [-0.2, -0.15) is 0 Å². The zero-order chi connectivity index (χ0) is 17.5. The predicted molar refractivity (Wildman–Crippen MR) is 87.0 cm³/mol. The molecule has 1 aromatic carbocycles. The summed E-state index contributed by atoms with van der Waals surface area (Å²) in [4.78, 5) is 24.0. The Morgan fingerprint density at radius 3 is 2.62 bits per heavy atom. The minimum absolute atomic E-state index is 0.0544. The zero-order valence-corrected chi connectivity index (χ0v) is 14.3. The van der Waals surface area contributed by atoms with E-state index in [0.717, 1.165) is 6.42 Å². The minimum Gasteiger partial charge on any atom is -0.381 e. The van der Waals surface area contributed by atoms with E-state index < -0.39 is 21.8 Å². The Bertz CT molecular complexity index is 951. The molecule has 0 aliphatic carbocycles. The van der Waals surface area contributed by atoms with Crippen molar-refractivity contribution in [1.82, 2.24) is 13.9 Å². The Morgan fingerprint density at radius 2 is 1.96 bits per heavy atom. The second-order valence-electron chi connectivity index (χ2n) is 5.93. The molecule has 0 bridgehead atoms. The van der Waals surface area contributed by atoms with Crippen molar-refractivity contribution in [2.45, 2.75) is 17.7 Å². The van der Waals surface area contributed by atoms with Crippen LogP contribution in [0.5, 0.6) is 0 Å². The largest absolute Gasteiger partial charge is 0.381 e. The van der Waals surface area contributed by atoms with Gasteiger partial charge in [-0.15, -0.1) is 0 Å². The first-order chi connectivity index (χ1) is 11.3. The monoisotopic (exact) mass is 353 g/mol. The van der Waals surface area contributed by atoms with Crippen LogP contribution < -0.4 is 10.4 Å². The van der Waals surface area contributed by atoms with Gasteiger partial charge in [0.05, 0.1) is 28.5 Å². The molecule has 130 valence electrons. The van der Waals surface area contributed by atoms with E-state index in [-0.39, 0.29) is 17.2 Å². The van der Waals surface area contributed by atoms with Crippen LogP contribution in [0.2, 0.25) is 0 Å². The molecule has 0 saturated carbocycles. The van der Waals surface area contributed by atoms with Gasteiger partial charge in [0.2, 0.25) is 5.91 Å². The predicted octanol–water partition coefficient (Wildman–Crippen LogP) is 0.108. The SMILES string of the molecule is Cn1c(=O)n(C)c2cc(S(=O)(=O)NC(=O)C3CCCOC3)ccc21. The molecule has 1 N–H and O–H groups in total. The summed E-state index contributed by atoms with van der Waals surface area (Å²) >= 11 is 0. The van der Waals surface area contributed by atoms with Crippen molar-refractivity contribution in [2.75, 3.05) is 13.2 Å². The highest BCUT2D eigenvalue weighted by Crippen LogP contribution is 2.19. The number of aromatic nitrogens is 2. The lowest BCUT2D eigenvalue weighted by Crippen LogP contribution is -2.39. The Balaban J connectivity index is 1.92. The molecule has 2 heterocycles. The molecule has 1 saturated heterocycles. The molecule has 0 radical (unpaired) electrons. The average molecular weight is 353 g/mol. The van der Waals surface area contributed by atoms with Crippen LogP contribution in [-0.2, 0) is 33.7 Å². The molecule has 1 amide bonds. The van der Waals surface area contributed by atoms with Crippen LogP contribution in [-0.4, -0.2) is 36.7 Å². The number of fused-ring (bicyclic) bond motifs is 1. The molecule has 1 atom stereocenters. The number of hydrogen-bond acceptors (Lipinski definition) is 5. The van der Waals surface area contributed by atoms with E-state index in [4.69, 9.17) is 4.74 Å². The molecule has 2 aromatic rings. The summed E-state index contributed by atoms with van der Waals surface area (Å²) in [5.41, 5.74) is 0.857. The number of nitrogens with one attached hydrogen (secondary N) is 1. The Hall–Kier alpha value is -2.13. The van der Waals surface area contributed by atoms with Gasteiger partial charge in [-0.1, -0.05) is 0 Å². The first kappa shape index (κ1) is 16.7. The Kier molecular flexibility index (Phi) is 4.22. The fraction of sp³-hybridized carbons (Fsp3) is 0.467. The number of amides is 1. The van der Waals surface area contributed by atoms with Gasteiger partial charge < -0.3 is 4.74 Å². The van der Waals surface area contributed by atoms with Crippen LogP contribution in [0.15, 0.2) is 27.9 Å². The van der Waals surface area contributed by atoms with Gasteiger partial charge in [-0.3, -0.25) is 13.9 Å². The van der Waals surface area contributed by atoms with E-state index in [2.05, 4.69) is 4.72 Å². The molecular formula is C15H19N3O5S. The molecule has 9 heteroatoms. The van der Waals surface area contributed by atoms with E-state index >= 15 is 0 Å². The van der Waals surface area contributed by atoms with Crippen LogP contribution in [0.3, 0.4) is 0 Å². The van der Waals surface area contributed by atoms with Gasteiger partial charge in [0.15, 0.2) is 0 Å². The van der Waals surface area contributed by atoms with Crippen molar-refractivity contribution in [1.29, 1.82) is 0 Å². The smallest absolute Gasteiger partial charge is 0.328 e. The van der Waals surface area contributed by atoms with E-state index in [9.17, 15) is 18.0 Å². The summed E-state index contributed by atoms with van der Waals surface area (Å²) in [6, 6.07) is 4.33. The van der Waals surface area contributed by atoms with Gasteiger partial charge in [-0.05, 0) is 31.0 Å². The molecule has 1 unspecified atom stereocenters. The third kappa shape index (κ3) is 2.84. The van der Waals surface area contributed by atoms with Crippen LogP contribution in [0.25, 0.3) is 11.0 Å². The fourth-order valence-electron chi connectivity index (χ4n) is 2.88. The Morgan fingerprint density at radius 1 is 1.25 bits per heavy atom. The molecule has 1 fully saturated rings. The third-order valence-electron chi connectivity index (χ3n) is 4.32. The van der Waals surface area contributed by atoms with E-state index in [1.54, 1.807) is 20.2 Å². The highest BCUT2D eigenvalue weighted by atomic mass is 32.2. The number of hydrogen-bond donors (Lipinski definition) is 1. The maximum atomic E-state index is 12.5. The lowest BCUT2D eigenvalue weighted by Gasteiger charge is -2.21. The van der Waals surface area contributed by atoms with Crippen LogP contribution in [0, 0.1) is 5.92 Å². The van der Waals surface area contributed by atoms with Crippen molar-refractivity contribution in [2.24, 2.45) is 20.0 Å². The summed E-state index contributed by atoms with van der Waals surface area (Å²) in [5.74, 6) is -1.02. The van der Waals surface area contributed by atoms with Gasteiger partial charge in [0.25, 0.3) is 10.0 Å². The highest BCUT2D eigenvalue weighted by Gasteiger charge is 2.27. The molecule has 1 aliphatic heterocycles. The van der Waals surface area contributed by atoms with E-state index in [1.165, 1.54) is 21.3 Å². The standard InChI is InChI=1S/C15H19N3O5S/c1-17-12-6-5-11(8-13(12)18(2)15(17)20)24(21,22)16-14(19)10-4-3-7-23-9-10/h5-6,8,10H,3-4,7,9H2,1-2H3,(H,16,19). The van der Waals surface area contributed by atoms with Crippen molar-refractivity contribution < 1.29 is 17.9 Å². The van der Waals surface area contributed by atoms with Crippen molar-refractivity contribution in [3.05, 3.63) is 28.7 Å². The van der Waals surface area contributed by atoms with Crippen LogP contribution in [0.4, 0.5) is 0 Å². The average Bonchev–Trinajstić information content (AvgIpc) is 2.79. The molecular weight excluding hydrogens is 334 g/mol. The molecule has 24 heavy (non-hydrogen) atoms. The fourth-order valence-corrected chi connectivity index (χ4v) is 3.94. The molecule has 8 nitrogen and oxygen atoms in total. The summed E-state index contributed by atoms with van der Waals surface area (Å²) < 4.78 is 35.1. The maximum absolute atomic E-state index is 12.5. The second-order valence-corrected chi connectivity index (χ2v) is 7.62. The maximum Gasteiger partial charge on any atom is 0.328 e. The van der Waals surface area contributed by atoms with Gasteiger partial charge in [0, 0.05) is 20.7 Å². The van der Waals surface area contributed by atoms with E-state index in [1.807, 2.05) is 0 Å². The summed E-state index contributed by atoms with van der Waals surface area (Å²) in [5, 5.41) is 0. The minimum atomic E-state index is -4.00. The number of rotatable bonds is 3. The first-order valence-electron chi connectivity index (χ1n) is 7.61. The number of aryl methyl sites for hydroxylation is 2. The van der Waals surface area contributed by atoms with Gasteiger partial charge in [-0.25, -0.2) is 17.9 Å². The number of carbonyl (C=O) groups excluding carboxylic acids is 1. The molecule has 0 spiro atoms. The summed E-state index contributed by atoms with van der Waals surface area (Å²) in [6.45, 7) is 0.822. The molecule has 1 aliphatic rings. The van der Waals surface area contributed by atoms with Gasteiger partial charge in [0.1, 0.15) is 0 Å². The zero-order valence-electron chi connectivity index (χ0n) is 13.5. The molecule has 3 rings (SSSR count). The van der Waals surface area contributed by atoms with Crippen molar-refractivity contribution in [3.8, 4) is 0 Å². The second kappa shape index (κ2) is 6.06. The number of sulfonamides is 1. The highest BCUT2D eigenvalue weighted by molar-refractivity contribution is 7.90.